The number of aliphatic carboxylic acids is 1. The van der Waals surface area contributed by atoms with E-state index >= 15 is 0 Å². The number of carboxylic acid groups (broad SMARTS) is 1. The van der Waals surface area contributed by atoms with Crippen LogP contribution in [0.5, 0.6) is 11.5 Å². The molecule has 5 nitrogen and oxygen atoms in total. The van der Waals surface area contributed by atoms with E-state index in [4.69, 9.17) is 10.8 Å². The Morgan fingerprint density at radius 3 is 2.65 bits per heavy atom. The van der Waals surface area contributed by atoms with Gasteiger partial charge in [0.2, 0.25) is 0 Å². The lowest BCUT2D eigenvalue weighted by Gasteiger charge is -2.23. The van der Waals surface area contributed by atoms with Crippen molar-refractivity contribution < 1.29 is 20.1 Å². The summed E-state index contributed by atoms with van der Waals surface area (Å²) in [6, 6.07) is 4.90. The molecule has 0 aliphatic rings. The third-order valence-corrected chi connectivity index (χ3v) is 3.50. The lowest BCUT2D eigenvalue weighted by molar-refractivity contribution is -0.143. The molecule has 5 heteroatoms. The molecule has 0 fully saturated rings. The minimum atomic E-state index is -1.20. The largest absolute Gasteiger partial charge is 0.504 e. The zero-order valence-corrected chi connectivity index (χ0v) is 12.0. The Morgan fingerprint density at radius 2 is 2.05 bits per heavy atom. The number of para-hydroxylation sites is 1. The van der Waals surface area contributed by atoms with Crippen LogP contribution in [0.1, 0.15) is 38.7 Å². The Hall–Kier alpha value is -1.75. The predicted molar refractivity (Wildman–Crippen MR) is 76.7 cm³/mol. The highest BCUT2D eigenvalue weighted by atomic mass is 16.4. The van der Waals surface area contributed by atoms with Gasteiger partial charge in [0.1, 0.15) is 5.54 Å². The van der Waals surface area contributed by atoms with Crippen LogP contribution in [-0.4, -0.2) is 26.8 Å². The summed E-state index contributed by atoms with van der Waals surface area (Å²) in [7, 11) is 0. The van der Waals surface area contributed by atoms with Gasteiger partial charge in [0.15, 0.2) is 11.5 Å². The summed E-state index contributed by atoms with van der Waals surface area (Å²) in [5, 5.41) is 28.0. The van der Waals surface area contributed by atoms with E-state index in [1.165, 1.54) is 13.0 Å². The molecule has 0 aliphatic heterocycles. The third kappa shape index (κ3) is 4.42. The van der Waals surface area contributed by atoms with Crippen molar-refractivity contribution in [1.82, 2.24) is 0 Å². The molecule has 2 unspecified atom stereocenters. The Morgan fingerprint density at radius 1 is 1.40 bits per heavy atom. The van der Waals surface area contributed by atoms with Crippen molar-refractivity contribution >= 4 is 5.97 Å². The maximum absolute atomic E-state index is 10.9. The fraction of sp³-hybridized carbons (Fsp3) is 0.533. The number of phenolic OH excluding ortho intramolecular Hbond substituents is 2. The summed E-state index contributed by atoms with van der Waals surface area (Å²) in [5.41, 5.74) is 5.21. The minimum Gasteiger partial charge on any atom is -0.504 e. The number of hydrogen-bond acceptors (Lipinski definition) is 4. The van der Waals surface area contributed by atoms with Crippen LogP contribution in [0.25, 0.3) is 0 Å². The van der Waals surface area contributed by atoms with Gasteiger partial charge in [-0.2, -0.15) is 0 Å². The molecule has 0 aliphatic carbocycles. The average Bonchev–Trinajstić information content (AvgIpc) is 2.33. The number of carbonyl (C=O) groups is 1. The number of aromatic hydroxyl groups is 2. The smallest absolute Gasteiger partial charge is 0.323 e. The highest BCUT2D eigenvalue weighted by Gasteiger charge is 2.29. The third-order valence-electron chi connectivity index (χ3n) is 3.50. The Bertz CT molecular complexity index is 471. The Labute approximate surface area is 119 Å². The molecular formula is C15H23NO4. The topological polar surface area (TPSA) is 104 Å². The molecule has 5 N–H and O–H groups in total. The van der Waals surface area contributed by atoms with E-state index in [0.717, 1.165) is 12.8 Å². The summed E-state index contributed by atoms with van der Waals surface area (Å²) in [6.45, 7) is 3.49. The van der Waals surface area contributed by atoms with Crippen LogP contribution in [0.2, 0.25) is 0 Å². The average molecular weight is 281 g/mol. The zero-order valence-electron chi connectivity index (χ0n) is 12.0. The molecule has 20 heavy (non-hydrogen) atoms. The second-order valence-corrected chi connectivity index (χ2v) is 5.71. The number of nitrogens with two attached hydrogens (primary N) is 1. The highest BCUT2D eigenvalue weighted by molar-refractivity contribution is 5.77. The molecule has 1 aromatic rings. The molecule has 0 spiro atoms. The molecule has 2 atom stereocenters. The second-order valence-electron chi connectivity index (χ2n) is 5.71. The molecule has 0 saturated heterocycles. The number of hydrogen-bond donors (Lipinski definition) is 4. The Kier molecular flexibility index (Phi) is 5.39. The minimum absolute atomic E-state index is 0.0747. The van der Waals surface area contributed by atoms with Crippen LogP contribution in [0.4, 0.5) is 0 Å². The van der Waals surface area contributed by atoms with Crippen molar-refractivity contribution in [3.63, 3.8) is 0 Å². The quantitative estimate of drug-likeness (QED) is 0.574. The normalized spacial score (nSPS) is 15.6. The monoisotopic (exact) mass is 281 g/mol. The van der Waals surface area contributed by atoms with Gasteiger partial charge in [0.25, 0.3) is 0 Å². The van der Waals surface area contributed by atoms with Crippen molar-refractivity contribution in [2.24, 2.45) is 11.7 Å². The molecular weight excluding hydrogens is 258 g/mol. The van der Waals surface area contributed by atoms with Crippen molar-refractivity contribution in [2.45, 2.75) is 45.1 Å². The molecule has 112 valence electrons. The van der Waals surface area contributed by atoms with Crippen LogP contribution in [-0.2, 0) is 11.2 Å². The van der Waals surface area contributed by atoms with Gasteiger partial charge in [0, 0.05) is 0 Å². The van der Waals surface area contributed by atoms with E-state index in [-0.39, 0.29) is 17.4 Å². The van der Waals surface area contributed by atoms with Gasteiger partial charge < -0.3 is 21.1 Å². The van der Waals surface area contributed by atoms with Gasteiger partial charge in [-0.1, -0.05) is 25.5 Å². The molecule has 0 amide bonds. The summed E-state index contributed by atoms with van der Waals surface area (Å²) < 4.78 is 0. The van der Waals surface area contributed by atoms with Gasteiger partial charge in [-0.15, -0.1) is 0 Å². The standard InChI is InChI=1S/C15H23NO4/c1-10(9-15(2,16)14(19)20)5-3-6-11-7-4-8-12(17)13(11)18/h4,7-8,10,17-18H,3,5-6,9,16H2,1-2H3,(H,19,20). The van der Waals surface area contributed by atoms with Gasteiger partial charge in [-0.25, -0.2) is 0 Å². The van der Waals surface area contributed by atoms with Crippen LogP contribution < -0.4 is 5.73 Å². The number of benzene rings is 1. The van der Waals surface area contributed by atoms with Crippen molar-refractivity contribution in [3.8, 4) is 11.5 Å². The second kappa shape index (κ2) is 6.61. The fourth-order valence-corrected chi connectivity index (χ4v) is 2.33. The van der Waals surface area contributed by atoms with Crippen molar-refractivity contribution in [3.05, 3.63) is 23.8 Å². The van der Waals surface area contributed by atoms with Gasteiger partial charge >= 0.3 is 5.97 Å². The molecule has 0 bridgehead atoms. The van der Waals surface area contributed by atoms with Gasteiger partial charge in [-0.05, 0) is 43.7 Å². The van der Waals surface area contributed by atoms with Gasteiger partial charge in [-0.3, -0.25) is 4.79 Å². The summed E-state index contributed by atoms with van der Waals surface area (Å²) in [6.07, 6.45) is 2.66. The molecule has 0 saturated carbocycles. The highest BCUT2D eigenvalue weighted by Crippen LogP contribution is 2.30. The molecule has 0 radical (unpaired) electrons. The van der Waals surface area contributed by atoms with Crippen LogP contribution in [0.3, 0.4) is 0 Å². The molecule has 0 aromatic heterocycles. The predicted octanol–water partition coefficient (Wildman–Crippen LogP) is 2.25. The zero-order chi connectivity index (χ0) is 15.3. The van der Waals surface area contributed by atoms with Crippen LogP contribution >= 0.6 is 0 Å². The van der Waals surface area contributed by atoms with E-state index < -0.39 is 11.5 Å². The van der Waals surface area contributed by atoms with Crippen molar-refractivity contribution in [1.29, 1.82) is 0 Å². The van der Waals surface area contributed by atoms with E-state index in [9.17, 15) is 15.0 Å². The number of aryl methyl sites for hydroxylation is 1. The number of rotatable bonds is 7. The van der Waals surface area contributed by atoms with Crippen molar-refractivity contribution in [2.75, 3.05) is 0 Å². The lowest BCUT2D eigenvalue weighted by atomic mass is 9.87. The first kappa shape index (κ1) is 16.3. The SMILES string of the molecule is CC(CCCc1cccc(O)c1O)CC(C)(N)C(=O)O. The molecule has 0 heterocycles. The first-order chi connectivity index (χ1) is 9.24. The van der Waals surface area contributed by atoms with E-state index in [1.807, 2.05) is 6.92 Å². The first-order valence-electron chi connectivity index (χ1n) is 6.76. The maximum Gasteiger partial charge on any atom is 0.323 e. The summed E-state index contributed by atoms with van der Waals surface area (Å²) >= 11 is 0. The summed E-state index contributed by atoms with van der Waals surface area (Å²) in [5.74, 6) is -0.999. The number of carboxylic acids is 1. The maximum atomic E-state index is 10.9. The number of phenols is 2. The van der Waals surface area contributed by atoms with E-state index in [2.05, 4.69) is 0 Å². The van der Waals surface area contributed by atoms with Crippen LogP contribution in [0.15, 0.2) is 18.2 Å². The van der Waals surface area contributed by atoms with Crippen LogP contribution in [0, 0.1) is 5.92 Å². The van der Waals surface area contributed by atoms with E-state index in [1.54, 1.807) is 12.1 Å². The lowest BCUT2D eigenvalue weighted by Crippen LogP contribution is -2.46. The molecule has 1 rings (SSSR count). The summed E-state index contributed by atoms with van der Waals surface area (Å²) in [4.78, 5) is 10.9. The fourth-order valence-electron chi connectivity index (χ4n) is 2.33. The Balaban J connectivity index is 2.45. The van der Waals surface area contributed by atoms with E-state index in [0.29, 0.717) is 18.4 Å². The first-order valence-corrected chi connectivity index (χ1v) is 6.76. The van der Waals surface area contributed by atoms with Gasteiger partial charge in [0.05, 0.1) is 0 Å². The molecule has 1 aromatic carbocycles.